The van der Waals surface area contributed by atoms with E-state index in [0.29, 0.717) is 29.6 Å². The van der Waals surface area contributed by atoms with Crippen LogP contribution in [0.25, 0.3) is 22.0 Å². The van der Waals surface area contributed by atoms with Crippen molar-refractivity contribution in [1.29, 1.82) is 0 Å². The van der Waals surface area contributed by atoms with E-state index in [0.717, 1.165) is 33.3 Å². The van der Waals surface area contributed by atoms with Gasteiger partial charge in [-0.1, -0.05) is 30.3 Å². The number of carbonyl (C=O) groups is 1. The van der Waals surface area contributed by atoms with Crippen LogP contribution in [0.5, 0.6) is 0 Å². The fourth-order valence-electron chi connectivity index (χ4n) is 3.95. The first kappa shape index (κ1) is 20.8. The number of H-pyrrole nitrogens is 1. The third kappa shape index (κ3) is 4.08. The molecule has 3 nitrogen and oxygen atoms in total. The van der Waals surface area contributed by atoms with Gasteiger partial charge in [-0.2, -0.15) is 0 Å². The van der Waals surface area contributed by atoms with Gasteiger partial charge in [0.05, 0.1) is 5.52 Å². The number of aromatic nitrogens is 1. The smallest absolute Gasteiger partial charge is 0.251 e. The maximum Gasteiger partial charge on any atom is 0.251 e. The number of nitrogens with one attached hydrogen (secondary N) is 2. The van der Waals surface area contributed by atoms with Crippen LogP contribution in [-0.2, 0) is 6.42 Å². The molecule has 1 amide bonds. The molecule has 0 atom stereocenters. The first-order valence-electron chi connectivity index (χ1n) is 10.3. The Bertz CT molecular complexity index is 1270. The molecule has 0 spiro atoms. The Balaban J connectivity index is 1.44. The number of hydrogen-bond donors (Lipinski definition) is 2. The van der Waals surface area contributed by atoms with Gasteiger partial charge in [0.2, 0.25) is 0 Å². The summed E-state index contributed by atoms with van der Waals surface area (Å²) in [6.45, 7) is 6.04. The van der Waals surface area contributed by atoms with Crippen molar-refractivity contribution in [3.8, 4) is 11.1 Å². The van der Waals surface area contributed by atoms with Gasteiger partial charge in [-0.25, -0.2) is 8.78 Å². The molecule has 4 rings (SSSR count). The Kier molecular flexibility index (Phi) is 5.59. The fourth-order valence-corrected chi connectivity index (χ4v) is 3.95. The summed E-state index contributed by atoms with van der Waals surface area (Å²) in [7, 11) is 0. The maximum absolute atomic E-state index is 14.1. The van der Waals surface area contributed by atoms with Crippen LogP contribution < -0.4 is 5.32 Å². The van der Waals surface area contributed by atoms with Crippen LogP contribution in [0.1, 0.15) is 32.7 Å². The predicted molar refractivity (Wildman–Crippen MR) is 120 cm³/mol. The molecule has 4 aromatic rings. The zero-order chi connectivity index (χ0) is 22.1. The third-order valence-corrected chi connectivity index (χ3v) is 5.74. The highest BCUT2D eigenvalue weighted by molar-refractivity contribution is 5.94. The number of aromatic amines is 1. The highest BCUT2D eigenvalue weighted by atomic mass is 19.1. The Morgan fingerprint density at radius 3 is 2.26 bits per heavy atom. The molecule has 0 bridgehead atoms. The highest BCUT2D eigenvalue weighted by Gasteiger charge is 2.14. The van der Waals surface area contributed by atoms with Crippen LogP contribution in [0.3, 0.4) is 0 Å². The molecule has 0 fully saturated rings. The van der Waals surface area contributed by atoms with Gasteiger partial charge < -0.3 is 10.3 Å². The molecule has 1 heterocycles. The molecule has 0 saturated heterocycles. The molecule has 0 aliphatic rings. The van der Waals surface area contributed by atoms with Crippen molar-refractivity contribution in [1.82, 2.24) is 10.3 Å². The van der Waals surface area contributed by atoms with E-state index in [4.69, 9.17) is 0 Å². The van der Waals surface area contributed by atoms with Crippen LogP contribution >= 0.6 is 0 Å². The summed E-state index contributed by atoms with van der Waals surface area (Å²) < 4.78 is 27.9. The maximum atomic E-state index is 14.1. The van der Waals surface area contributed by atoms with Gasteiger partial charge in [-0.15, -0.1) is 0 Å². The van der Waals surface area contributed by atoms with E-state index >= 15 is 0 Å². The van der Waals surface area contributed by atoms with Gasteiger partial charge >= 0.3 is 0 Å². The van der Waals surface area contributed by atoms with Crippen LogP contribution in [0.4, 0.5) is 8.78 Å². The van der Waals surface area contributed by atoms with Crippen molar-refractivity contribution in [3.63, 3.8) is 0 Å². The number of rotatable bonds is 5. The normalized spacial score (nSPS) is 11.1. The quantitative estimate of drug-likeness (QED) is 0.410. The van der Waals surface area contributed by atoms with Gasteiger partial charge in [0, 0.05) is 23.2 Å². The van der Waals surface area contributed by atoms with Crippen LogP contribution in [0.2, 0.25) is 0 Å². The van der Waals surface area contributed by atoms with E-state index in [9.17, 15) is 13.6 Å². The summed E-state index contributed by atoms with van der Waals surface area (Å²) in [5.41, 5.74) is 6.20. The summed E-state index contributed by atoms with van der Waals surface area (Å²) in [6, 6.07) is 15.4. The zero-order valence-electron chi connectivity index (χ0n) is 17.8. The molecule has 2 N–H and O–H groups in total. The minimum atomic E-state index is -0.271. The van der Waals surface area contributed by atoms with E-state index in [2.05, 4.69) is 10.3 Å². The number of halogens is 2. The first-order chi connectivity index (χ1) is 14.8. The standard InChI is InChI=1S/C26H24F2N2O/c1-15-4-6-20(14-23(15)28)18-7-9-19(10-8-18)26(31)29-13-12-21-17(3)30-25-22(27)11-5-16(2)24(21)25/h4-11,14,30H,12-13H2,1-3H3,(H,29,31). The number of carbonyl (C=O) groups excluding carboxylic acids is 1. The number of fused-ring (bicyclic) bond motifs is 1. The van der Waals surface area contributed by atoms with Gasteiger partial charge in [-0.05, 0) is 79.3 Å². The number of benzene rings is 3. The molecule has 0 aliphatic heterocycles. The van der Waals surface area contributed by atoms with Crippen LogP contribution in [0, 0.1) is 32.4 Å². The van der Waals surface area contributed by atoms with Crippen molar-refractivity contribution in [2.75, 3.05) is 6.54 Å². The number of amides is 1. The monoisotopic (exact) mass is 418 g/mol. The van der Waals surface area contributed by atoms with Crippen LogP contribution in [0.15, 0.2) is 54.6 Å². The third-order valence-electron chi connectivity index (χ3n) is 5.74. The Morgan fingerprint density at radius 2 is 1.55 bits per heavy atom. The van der Waals surface area contributed by atoms with Gasteiger partial charge in [0.1, 0.15) is 11.6 Å². The van der Waals surface area contributed by atoms with Crippen molar-refractivity contribution in [2.45, 2.75) is 27.2 Å². The van der Waals surface area contributed by atoms with E-state index in [-0.39, 0.29) is 17.5 Å². The largest absolute Gasteiger partial charge is 0.356 e. The lowest BCUT2D eigenvalue weighted by Crippen LogP contribution is -2.25. The highest BCUT2D eigenvalue weighted by Crippen LogP contribution is 2.28. The fraction of sp³-hybridized carbons (Fsp3) is 0.192. The Labute approximate surface area is 180 Å². The van der Waals surface area contributed by atoms with E-state index in [1.165, 1.54) is 12.1 Å². The van der Waals surface area contributed by atoms with Crippen molar-refractivity contribution in [3.05, 3.63) is 94.2 Å². The first-order valence-corrected chi connectivity index (χ1v) is 10.3. The van der Waals surface area contributed by atoms with Crippen molar-refractivity contribution < 1.29 is 13.6 Å². The molecule has 5 heteroatoms. The summed E-state index contributed by atoms with van der Waals surface area (Å²) in [5.74, 6) is -0.698. The second kappa shape index (κ2) is 8.34. The summed E-state index contributed by atoms with van der Waals surface area (Å²) in [6.07, 6.45) is 0.600. The molecule has 0 unspecified atom stereocenters. The van der Waals surface area contributed by atoms with Crippen LogP contribution in [-0.4, -0.2) is 17.4 Å². The second-order valence-electron chi connectivity index (χ2n) is 7.89. The lowest BCUT2D eigenvalue weighted by atomic mass is 10.0. The van der Waals surface area contributed by atoms with E-state index < -0.39 is 0 Å². The number of hydrogen-bond acceptors (Lipinski definition) is 1. The van der Waals surface area contributed by atoms with Gasteiger partial charge in [-0.3, -0.25) is 4.79 Å². The molecular weight excluding hydrogens is 394 g/mol. The molecule has 0 radical (unpaired) electrons. The topological polar surface area (TPSA) is 44.9 Å². The van der Waals surface area contributed by atoms with Crippen molar-refractivity contribution >= 4 is 16.8 Å². The summed E-state index contributed by atoms with van der Waals surface area (Å²) in [5, 5.41) is 3.82. The minimum Gasteiger partial charge on any atom is -0.356 e. The number of aryl methyl sites for hydroxylation is 3. The average Bonchev–Trinajstić information content (AvgIpc) is 3.10. The molecular formula is C26H24F2N2O. The molecule has 0 saturated carbocycles. The summed E-state index contributed by atoms with van der Waals surface area (Å²) in [4.78, 5) is 15.7. The molecule has 31 heavy (non-hydrogen) atoms. The Hall–Kier alpha value is -3.47. The minimum absolute atomic E-state index is 0.179. The predicted octanol–water partition coefficient (Wildman–Crippen LogP) is 6.01. The van der Waals surface area contributed by atoms with E-state index in [1.54, 1.807) is 31.2 Å². The lowest BCUT2D eigenvalue weighted by molar-refractivity contribution is 0.0954. The summed E-state index contributed by atoms with van der Waals surface area (Å²) >= 11 is 0. The molecule has 158 valence electrons. The second-order valence-corrected chi connectivity index (χ2v) is 7.89. The molecule has 1 aromatic heterocycles. The molecule has 0 aliphatic carbocycles. The van der Waals surface area contributed by atoms with Gasteiger partial charge in [0.25, 0.3) is 5.91 Å². The Morgan fingerprint density at radius 1 is 0.871 bits per heavy atom. The average molecular weight is 418 g/mol. The SMILES string of the molecule is Cc1ccc(-c2ccc(C(=O)NCCc3c(C)[nH]c4c(F)ccc(C)c34)cc2)cc1F. The van der Waals surface area contributed by atoms with Gasteiger partial charge in [0.15, 0.2) is 0 Å². The zero-order valence-corrected chi connectivity index (χ0v) is 17.8. The lowest BCUT2D eigenvalue weighted by Gasteiger charge is -2.08. The van der Waals surface area contributed by atoms with Crippen molar-refractivity contribution in [2.24, 2.45) is 0 Å². The molecule has 3 aromatic carbocycles. The van der Waals surface area contributed by atoms with E-state index in [1.807, 2.05) is 32.0 Å².